The predicted molar refractivity (Wildman–Crippen MR) is 83.1 cm³/mol. The molecule has 2 saturated heterocycles. The van der Waals surface area contributed by atoms with Crippen LogP contribution < -0.4 is 11.7 Å². The van der Waals surface area contributed by atoms with Gasteiger partial charge in [-0.15, -0.1) is 10.2 Å². The van der Waals surface area contributed by atoms with Crippen LogP contribution in [0.15, 0.2) is 10.2 Å². The summed E-state index contributed by atoms with van der Waals surface area (Å²) in [5.74, 6) is 10.5. The van der Waals surface area contributed by atoms with Crippen LogP contribution in [0.5, 0.6) is 0 Å². The molecule has 122 valence electrons. The van der Waals surface area contributed by atoms with E-state index in [9.17, 15) is 9.59 Å². The molecule has 2 rings (SSSR count). The van der Waals surface area contributed by atoms with Crippen molar-refractivity contribution in [3.63, 3.8) is 0 Å². The molecule has 2 atom stereocenters. The Bertz CT molecular complexity index is 482. The van der Waals surface area contributed by atoms with Crippen molar-refractivity contribution >= 4 is 45.7 Å². The van der Waals surface area contributed by atoms with E-state index < -0.39 is 10.5 Å². The molecule has 2 heterocycles. The van der Waals surface area contributed by atoms with Crippen molar-refractivity contribution in [3.8, 4) is 0 Å². The minimum absolute atomic E-state index is 0.136. The van der Waals surface area contributed by atoms with Gasteiger partial charge in [0.2, 0.25) is 10.3 Å². The van der Waals surface area contributed by atoms with E-state index in [1.807, 2.05) is 0 Å². The van der Waals surface area contributed by atoms with Gasteiger partial charge >= 0.3 is 0 Å². The summed E-state index contributed by atoms with van der Waals surface area (Å²) in [6, 6.07) is 0. The van der Waals surface area contributed by atoms with Crippen LogP contribution in [-0.2, 0) is 9.59 Å². The maximum atomic E-state index is 11.8. The molecule has 0 radical (unpaired) electrons. The molecule has 6 N–H and O–H groups in total. The Morgan fingerprint density at radius 1 is 0.909 bits per heavy atom. The SMILES string of the molecule is NN1C(=O)C(CCO)S/C1=N\N=C1/SC(CCO)C(=O)N1N. The number of hydrogen-bond donors (Lipinski definition) is 4. The van der Waals surface area contributed by atoms with Gasteiger partial charge < -0.3 is 10.2 Å². The minimum atomic E-state index is -0.497. The third kappa shape index (κ3) is 3.42. The second-order valence-corrected chi connectivity index (χ2v) is 6.76. The zero-order valence-corrected chi connectivity index (χ0v) is 13.1. The summed E-state index contributed by atoms with van der Waals surface area (Å²) in [6.45, 7) is -0.272. The molecule has 2 amide bonds. The smallest absolute Gasteiger partial charge is 0.256 e. The average molecular weight is 348 g/mol. The summed E-state index contributed by atoms with van der Waals surface area (Å²) >= 11 is 2.18. The quantitative estimate of drug-likeness (QED) is 0.253. The molecule has 0 aromatic heterocycles. The molecule has 0 spiro atoms. The Morgan fingerprint density at radius 2 is 1.27 bits per heavy atom. The molecule has 0 saturated carbocycles. The van der Waals surface area contributed by atoms with E-state index in [-0.39, 0.29) is 48.2 Å². The summed E-state index contributed by atoms with van der Waals surface area (Å²) in [4.78, 5) is 23.5. The van der Waals surface area contributed by atoms with Crippen LogP contribution in [0.4, 0.5) is 0 Å². The van der Waals surface area contributed by atoms with Crippen LogP contribution in [0.1, 0.15) is 12.8 Å². The number of hydrazine groups is 2. The third-order valence-corrected chi connectivity index (χ3v) is 5.36. The van der Waals surface area contributed by atoms with Crippen LogP contribution in [0.3, 0.4) is 0 Å². The number of aliphatic hydroxyl groups is 2. The van der Waals surface area contributed by atoms with Gasteiger partial charge in [0, 0.05) is 13.2 Å². The molecule has 10 nitrogen and oxygen atoms in total. The maximum absolute atomic E-state index is 11.8. The van der Waals surface area contributed by atoms with E-state index in [0.717, 1.165) is 33.5 Å². The predicted octanol–water partition coefficient (Wildman–Crippen LogP) is -1.99. The summed E-state index contributed by atoms with van der Waals surface area (Å²) in [6.07, 6.45) is 0.531. The molecule has 0 aromatic rings. The van der Waals surface area contributed by atoms with Crippen LogP contribution in [0.2, 0.25) is 0 Å². The lowest BCUT2D eigenvalue weighted by atomic mass is 10.3. The van der Waals surface area contributed by atoms with Gasteiger partial charge in [-0.2, -0.15) is 0 Å². The van der Waals surface area contributed by atoms with E-state index in [2.05, 4.69) is 10.2 Å². The number of rotatable bonds is 5. The Morgan fingerprint density at radius 3 is 1.59 bits per heavy atom. The molecule has 0 aliphatic carbocycles. The molecule has 22 heavy (non-hydrogen) atoms. The van der Waals surface area contributed by atoms with Crippen LogP contribution >= 0.6 is 23.5 Å². The lowest BCUT2D eigenvalue weighted by Crippen LogP contribution is -2.39. The standard InChI is InChI=1S/C10H16N6O4S2/c11-15-7(19)5(1-3-17)21-9(15)13-14-10-16(12)8(20)6(22-10)2-4-18/h5-6,17-18H,1-4,11-12H2/b13-9-,14-10-. The second-order valence-electron chi connectivity index (χ2n) is 4.42. The van der Waals surface area contributed by atoms with Crippen molar-refractivity contribution in [2.75, 3.05) is 13.2 Å². The van der Waals surface area contributed by atoms with E-state index >= 15 is 0 Å². The fourth-order valence-corrected chi connectivity index (χ4v) is 3.76. The van der Waals surface area contributed by atoms with Gasteiger partial charge in [-0.3, -0.25) is 9.59 Å². The number of carbonyl (C=O) groups excluding carboxylic acids is 2. The number of thioether (sulfide) groups is 2. The fourth-order valence-electron chi connectivity index (χ4n) is 1.80. The number of hydrogen-bond acceptors (Lipinski definition) is 10. The highest BCUT2D eigenvalue weighted by Crippen LogP contribution is 2.29. The highest BCUT2D eigenvalue weighted by atomic mass is 32.2. The minimum Gasteiger partial charge on any atom is -0.396 e. The van der Waals surface area contributed by atoms with Crippen LogP contribution in [-0.4, -0.2) is 66.1 Å². The number of aliphatic hydroxyl groups excluding tert-OH is 2. The zero-order valence-electron chi connectivity index (χ0n) is 11.5. The molecule has 2 aliphatic rings. The molecule has 0 aromatic carbocycles. The largest absolute Gasteiger partial charge is 0.396 e. The number of carbonyl (C=O) groups is 2. The lowest BCUT2D eigenvalue weighted by Gasteiger charge is -2.07. The zero-order chi connectivity index (χ0) is 16.3. The number of amidine groups is 2. The molecule has 2 aliphatic heterocycles. The summed E-state index contributed by atoms with van der Waals surface area (Å²) in [7, 11) is 0. The number of amides is 2. The van der Waals surface area contributed by atoms with Gasteiger partial charge in [0.25, 0.3) is 11.8 Å². The van der Waals surface area contributed by atoms with Crippen molar-refractivity contribution < 1.29 is 19.8 Å². The lowest BCUT2D eigenvalue weighted by molar-refractivity contribution is -0.127. The topological polar surface area (TPSA) is 158 Å². The Kier molecular flexibility index (Phi) is 5.77. The van der Waals surface area contributed by atoms with E-state index in [1.54, 1.807) is 0 Å². The van der Waals surface area contributed by atoms with Gasteiger partial charge in [0.15, 0.2) is 0 Å². The van der Waals surface area contributed by atoms with Gasteiger partial charge in [-0.1, -0.05) is 23.5 Å². The van der Waals surface area contributed by atoms with Crippen LogP contribution in [0.25, 0.3) is 0 Å². The van der Waals surface area contributed by atoms with Crippen molar-refractivity contribution in [2.24, 2.45) is 21.9 Å². The van der Waals surface area contributed by atoms with E-state index in [4.69, 9.17) is 21.9 Å². The summed E-state index contributed by atoms with van der Waals surface area (Å²) in [5.41, 5.74) is 0. The van der Waals surface area contributed by atoms with Crippen molar-refractivity contribution in [3.05, 3.63) is 0 Å². The fraction of sp³-hybridized carbons (Fsp3) is 0.600. The maximum Gasteiger partial charge on any atom is 0.256 e. The third-order valence-electron chi connectivity index (χ3n) is 2.94. The Hall–Kier alpha value is -1.18. The van der Waals surface area contributed by atoms with E-state index in [1.165, 1.54) is 0 Å². The first-order valence-corrected chi connectivity index (χ1v) is 8.13. The second kappa shape index (κ2) is 7.39. The molecule has 12 heteroatoms. The molecule has 2 unspecified atom stereocenters. The van der Waals surface area contributed by atoms with Crippen LogP contribution in [0, 0.1) is 0 Å². The summed E-state index contributed by atoms with van der Waals surface area (Å²) < 4.78 is 0. The van der Waals surface area contributed by atoms with E-state index in [0.29, 0.717) is 0 Å². The normalized spacial score (nSPS) is 29.5. The number of nitrogens with two attached hydrogens (primary N) is 2. The van der Waals surface area contributed by atoms with Gasteiger partial charge in [-0.25, -0.2) is 21.7 Å². The van der Waals surface area contributed by atoms with Crippen molar-refractivity contribution in [2.45, 2.75) is 23.3 Å². The summed E-state index contributed by atoms with van der Waals surface area (Å²) in [5, 5.41) is 26.6. The first-order chi connectivity index (χ1) is 10.5. The van der Waals surface area contributed by atoms with Crippen molar-refractivity contribution in [1.29, 1.82) is 0 Å². The Labute approximate surface area is 134 Å². The molecular weight excluding hydrogens is 332 g/mol. The Balaban J connectivity index is 2.10. The highest BCUT2D eigenvalue weighted by Gasteiger charge is 2.38. The molecular formula is C10H16N6O4S2. The number of nitrogens with zero attached hydrogens (tertiary/aromatic N) is 4. The van der Waals surface area contributed by atoms with Gasteiger partial charge in [0.1, 0.15) is 0 Å². The molecule has 0 bridgehead atoms. The van der Waals surface area contributed by atoms with Gasteiger partial charge in [0.05, 0.1) is 10.5 Å². The first-order valence-electron chi connectivity index (χ1n) is 6.37. The first kappa shape index (κ1) is 17.2. The molecule has 2 fully saturated rings. The average Bonchev–Trinajstić information content (AvgIpc) is 2.91. The highest BCUT2D eigenvalue weighted by molar-refractivity contribution is 8.16. The monoisotopic (exact) mass is 348 g/mol. The van der Waals surface area contributed by atoms with Gasteiger partial charge in [-0.05, 0) is 12.8 Å². The van der Waals surface area contributed by atoms with Crippen molar-refractivity contribution in [1.82, 2.24) is 10.0 Å².